The molecule has 1 fully saturated rings. The molecule has 2 nitrogen and oxygen atoms in total. The average Bonchev–Trinajstić information content (AvgIpc) is 2.33. The fraction of sp³-hybridized carbons (Fsp3) is 0.500. The minimum absolute atomic E-state index is 0.382. The monoisotopic (exact) mass is 226 g/mol. The van der Waals surface area contributed by atoms with Gasteiger partial charge in [0.05, 0.1) is 5.54 Å². The van der Waals surface area contributed by atoms with Crippen LogP contribution in [0.1, 0.15) is 24.8 Å². The van der Waals surface area contributed by atoms with E-state index >= 15 is 0 Å². The lowest BCUT2D eigenvalue weighted by molar-refractivity contribution is 0.264. The zero-order valence-corrected chi connectivity index (χ0v) is 9.10. The van der Waals surface area contributed by atoms with Gasteiger partial charge in [-0.05, 0) is 43.5 Å². The summed E-state index contributed by atoms with van der Waals surface area (Å²) >= 11 is 0. The van der Waals surface area contributed by atoms with Crippen molar-refractivity contribution >= 4 is 0 Å². The molecule has 0 radical (unpaired) electrons. The highest BCUT2D eigenvalue weighted by Crippen LogP contribution is 2.30. The standard InChI is InChI=1S/C12H16F2N2/c13-10-4-3-9(7-11(10)14)12(8-15)5-1-2-6-16-12/h3-4,7,16H,1-2,5-6,8,15H2. The summed E-state index contributed by atoms with van der Waals surface area (Å²) in [5, 5.41) is 3.33. The number of nitrogens with one attached hydrogen (secondary N) is 1. The Morgan fingerprint density at radius 2 is 2.06 bits per heavy atom. The van der Waals surface area contributed by atoms with E-state index in [0.29, 0.717) is 6.54 Å². The van der Waals surface area contributed by atoms with Crippen molar-refractivity contribution in [3.63, 3.8) is 0 Å². The maximum atomic E-state index is 13.2. The first-order valence-corrected chi connectivity index (χ1v) is 5.58. The van der Waals surface area contributed by atoms with E-state index in [1.807, 2.05) is 0 Å². The first-order valence-electron chi connectivity index (χ1n) is 5.58. The van der Waals surface area contributed by atoms with Crippen LogP contribution >= 0.6 is 0 Å². The molecule has 1 unspecified atom stereocenters. The number of piperidine rings is 1. The van der Waals surface area contributed by atoms with Crippen molar-refractivity contribution < 1.29 is 8.78 Å². The van der Waals surface area contributed by atoms with E-state index in [-0.39, 0.29) is 5.54 Å². The van der Waals surface area contributed by atoms with Crippen molar-refractivity contribution in [2.45, 2.75) is 24.8 Å². The van der Waals surface area contributed by atoms with Crippen LogP contribution in [0, 0.1) is 11.6 Å². The molecule has 4 heteroatoms. The van der Waals surface area contributed by atoms with Gasteiger partial charge in [-0.2, -0.15) is 0 Å². The lowest BCUT2D eigenvalue weighted by Gasteiger charge is -2.38. The van der Waals surface area contributed by atoms with E-state index in [4.69, 9.17) is 5.73 Å². The molecule has 0 spiro atoms. The van der Waals surface area contributed by atoms with Gasteiger partial charge in [0.1, 0.15) is 0 Å². The number of benzene rings is 1. The maximum Gasteiger partial charge on any atom is 0.159 e. The number of halogens is 2. The van der Waals surface area contributed by atoms with Gasteiger partial charge in [0.15, 0.2) is 11.6 Å². The lowest BCUT2D eigenvalue weighted by Crippen LogP contribution is -2.51. The fourth-order valence-corrected chi connectivity index (χ4v) is 2.30. The summed E-state index contributed by atoms with van der Waals surface area (Å²) in [6.45, 7) is 1.27. The van der Waals surface area contributed by atoms with Gasteiger partial charge in [-0.1, -0.05) is 6.07 Å². The first-order chi connectivity index (χ1) is 7.68. The van der Waals surface area contributed by atoms with Gasteiger partial charge < -0.3 is 11.1 Å². The fourth-order valence-electron chi connectivity index (χ4n) is 2.30. The highest BCUT2D eigenvalue weighted by atomic mass is 19.2. The third-order valence-electron chi connectivity index (χ3n) is 3.31. The molecule has 1 aliphatic heterocycles. The molecule has 1 atom stereocenters. The second kappa shape index (κ2) is 4.47. The zero-order valence-electron chi connectivity index (χ0n) is 9.10. The molecule has 1 aliphatic rings. The van der Waals surface area contributed by atoms with Gasteiger partial charge in [0, 0.05) is 6.54 Å². The van der Waals surface area contributed by atoms with Crippen LogP contribution in [0.4, 0.5) is 8.78 Å². The second-order valence-corrected chi connectivity index (χ2v) is 4.30. The molecule has 1 aromatic carbocycles. The highest BCUT2D eigenvalue weighted by molar-refractivity contribution is 5.27. The molecule has 88 valence electrons. The van der Waals surface area contributed by atoms with E-state index in [9.17, 15) is 8.78 Å². The Labute approximate surface area is 93.8 Å². The summed E-state index contributed by atoms with van der Waals surface area (Å²) in [6.07, 6.45) is 3.03. The maximum absolute atomic E-state index is 13.2. The van der Waals surface area contributed by atoms with Gasteiger partial charge in [-0.15, -0.1) is 0 Å². The Balaban J connectivity index is 2.35. The average molecular weight is 226 g/mol. The summed E-state index contributed by atoms with van der Waals surface area (Å²) in [5.74, 6) is -1.62. The Morgan fingerprint density at radius 1 is 1.25 bits per heavy atom. The van der Waals surface area contributed by atoms with Gasteiger partial charge in [0.2, 0.25) is 0 Å². The number of nitrogens with two attached hydrogens (primary N) is 1. The predicted molar refractivity (Wildman–Crippen MR) is 58.9 cm³/mol. The van der Waals surface area contributed by atoms with Crippen molar-refractivity contribution in [2.24, 2.45) is 5.73 Å². The van der Waals surface area contributed by atoms with Gasteiger partial charge in [-0.25, -0.2) is 8.78 Å². The molecule has 3 N–H and O–H groups in total. The van der Waals surface area contributed by atoms with Crippen molar-refractivity contribution in [3.8, 4) is 0 Å². The van der Waals surface area contributed by atoms with Crippen molar-refractivity contribution in [1.82, 2.24) is 5.32 Å². The molecule has 1 saturated heterocycles. The topological polar surface area (TPSA) is 38.0 Å². The quantitative estimate of drug-likeness (QED) is 0.808. The lowest BCUT2D eigenvalue weighted by atomic mass is 9.82. The van der Waals surface area contributed by atoms with Crippen LogP contribution in [0.3, 0.4) is 0 Å². The van der Waals surface area contributed by atoms with Gasteiger partial charge in [0.25, 0.3) is 0 Å². The van der Waals surface area contributed by atoms with Gasteiger partial charge >= 0.3 is 0 Å². The number of hydrogen-bond acceptors (Lipinski definition) is 2. The number of rotatable bonds is 2. The Hall–Kier alpha value is -1.00. The first kappa shape index (κ1) is 11.5. The largest absolute Gasteiger partial charge is 0.328 e. The predicted octanol–water partition coefficient (Wildman–Crippen LogP) is 1.89. The highest BCUT2D eigenvalue weighted by Gasteiger charge is 2.32. The van der Waals surface area contributed by atoms with E-state index in [1.54, 1.807) is 6.07 Å². The molecule has 0 amide bonds. The van der Waals surface area contributed by atoms with Gasteiger partial charge in [-0.3, -0.25) is 0 Å². The van der Waals surface area contributed by atoms with Crippen LogP contribution < -0.4 is 11.1 Å². The van der Waals surface area contributed by atoms with E-state index in [2.05, 4.69) is 5.32 Å². The summed E-state index contributed by atoms with van der Waals surface area (Å²) < 4.78 is 26.1. The van der Waals surface area contributed by atoms with E-state index in [0.717, 1.165) is 31.4 Å². The normalized spacial score (nSPS) is 25.7. The van der Waals surface area contributed by atoms with Crippen LogP contribution in [-0.4, -0.2) is 13.1 Å². The molecule has 0 aliphatic carbocycles. The molecule has 16 heavy (non-hydrogen) atoms. The molecular formula is C12H16F2N2. The van der Waals surface area contributed by atoms with Crippen molar-refractivity contribution in [3.05, 3.63) is 35.4 Å². The molecule has 1 heterocycles. The summed E-state index contributed by atoms with van der Waals surface area (Å²) in [4.78, 5) is 0. The van der Waals surface area contributed by atoms with Crippen LogP contribution in [-0.2, 0) is 5.54 Å². The number of hydrogen-bond donors (Lipinski definition) is 2. The van der Waals surface area contributed by atoms with Crippen molar-refractivity contribution in [2.75, 3.05) is 13.1 Å². The van der Waals surface area contributed by atoms with Crippen LogP contribution in [0.15, 0.2) is 18.2 Å². The molecule has 1 aromatic rings. The molecule has 2 rings (SSSR count). The third-order valence-corrected chi connectivity index (χ3v) is 3.31. The SMILES string of the molecule is NCC1(c2ccc(F)c(F)c2)CCCCN1. The molecular weight excluding hydrogens is 210 g/mol. The molecule has 0 aromatic heterocycles. The smallest absolute Gasteiger partial charge is 0.159 e. The second-order valence-electron chi connectivity index (χ2n) is 4.30. The van der Waals surface area contributed by atoms with E-state index in [1.165, 1.54) is 12.1 Å². The third kappa shape index (κ3) is 1.95. The minimum atomic E-state index is -0.813. The summed E-state index contributed by atoms with van der Waals surface area (Å²) in [7, 11) is 0. The summed E-state index contributed by atoms with van der Waals surface area (Å²) in [5.41, 5.74) is 6.14. The zero-order chi connectivity index (χ0) is 11.6. The van der Waals surface area contributed by atoms with Crippen LogP contribution in [0.2, 0.25) is 0 Å². The Kier molecular flexibility index (Phi) is 3.21. The van der Waals surface area contributed by atoms with Crippen LogP contribution in [0.25, 0.3) is 0 Å². The minimum Gasteiger partial charge on any atom is -0.328 e. The Morgan fingerprint density at radius 3 is 2.62 bits per heavy atom. The van der Waals surface area contributed by atoms with Crippen LogP contribution in [0.5, 0.6) is 0 Å². The van der Waals surface area contributed by atoms with E-state index < -0.39 is 11.6 Å². The molecule has 0 bridgehead atoms. The van der Waals surface area contributed by atoms with Crippen molar-refractivity contribution in [1.29, 1.82) is 0 Å². The Bertz CT molecular complexity index is 373. The summed E-state index contributed by atoms with van der Waals surface area (Å²) in [6, 6.07) is 4.03. The molecule has 0 saturated carbocycles.